The molecule has 2 aromatic rings. The Kier molecular flexibility index (Phi) is 3.20. The van der Waals surface area contributed by atoms with Gasteiger partial charge in [0.1, 0.15) is 11.1 Å². The SMILES string of the molecule is COc1ccc2ccccc2c1C(Cl)C(N)=O. The Hall–Kier alpha value is -1.74. The molecule has 2 aromatic carbocycles. The number of benzene rings is 2. The number of rotatable bonds is 3. The minimum atomic E-state index is -0.893. The lowest BCUT2D eigenvalue weighted by molar-refractivity contribution is -0.117. The maximum absolute atomic E-state index is 11.2. The van der Waals surface area contributed by atoms with Gasteiger partial charge in [-0.1, -0.05) is 30.3 Å². The molecule has 0 saturated heterocycles. The third-order valence-electron chi connectivity index (χ3n) is 2.65. The van der Waals surface area contributed by atoms with E-state index in [2.05, 4.69) is 0 Å². The van der Waals surface area contributed by atoms with Crippen molar-refractivity contribution in [2.24, 2.45) is 5.73 Å². The van der Waals surface area contributed by atoms with Crippen molar-refractivity contribution in [1.82, 2.24) is 0 Å². The minimum Gasteiger partial charge on any atom is -0.496 e. The molecule has 2 N–H and O–H groups in total. The zero-order valence-electron chi connectivity index (χ0n) is 9.31. The molecule has 0 spiro atoms. The van der Waals surface area contributed by atoms with Crippen LogP contribution in [0.1, 0.15) is 10.9 Å². The number of hydrogen-bond donors (Lipinski definition) is 1. The number of nitrogens with two attached hydrogens (primary N) is 1. The molecule has 0 radical (unpaired) electrons. The Morgan fingerprint density at radius 1 is 1.29 bits per heavy atom. The van der Waals surface area contributed by atoms with Crippen LogP contribution in [0.25, 0.3) is 10.8 Å². The highest BCUT2D eigenvalue weighted by Gasteiger charge is 2.21. The van der Waals surface area contributed by atoms with Gasteiger partial charge in [0.05, 0.1) is 7.11 Å². The lowest BCUT2D eigenvalue weighted by Crippen LogP contribution is -2.17. The Labute approximate surface area is 104 Å². The van der Waals surface area contributed by atoms with Crippen LogP contribution in [-0.2, 0) is 4.79 Å². The Morgan fingerprint density at radius 3 is 2.65 bits per heavy atom. The second-order valence-electron chi connectivity index (χ2n) is 3.67. The third kappa shape index (κ3) is 2.06. The first-order valence-electron chi connectivity index (χ1n) is 5.14. The van der Waals surface area contributed by atoms with Gasteiger partial charge in [-0.05, 0) is 16.8 Å². The van der Waals surface area contributed by atoms with Crippen molar-refractivity contribution >= 4 is 28.3 Å². The van der Waals surface area contributed by atoms with E-state index in [4.69, 9.17) is 22.1 Å². The summed E-state index contributed by atoms with van der Waals surface area (Å²) >= 11 is 6.05. The second-order valence-corrected chi connectivity index (χ2v) is 4.10. The molecule has 0 bridgehead atoms. The molecule has 0 fully saturated rings. The van der Waals surface area contributed by atoms with Crippen LogP contribution in [0, 0.1) is 0 Å². The van der Waals surface area contributed by atoms with Crippen LogP contribution in [0.15, 0.2) is 36.4 Å². The van der Waals surface area contributed by atoms with E-state index < -0.39 is 11.3 Å². The lowest BCUT2D eigenvalue weighted by atomic mass is 10.0. The van der Waals surface area contributed by atoms with Crippen molar-refractivity contribution in [3.8, 4) is 5.75 Å². The zero-order chi connectivity index (χ0) is 12.4. The molecule has 1 unspecified atom stereocenters. The maximum atomic E-state index is 11.2. The molecule has 0 heterocycles. The minimum absolute atomic E-state index is 0.572. The molecule has 1 amide bonds. The number of halogens is 1. The van der Waals surface area contributed by atoms with Gasteiger partial charge in [-0.15, -0.1) is 11.6 Å². The van der Waals surface area contributed by atoms with E-state index >= 15 is 0 Å². The second kappa shape index (κ2) is 4.63. The normalized spacial score (nSPS) is 12.4. The van der Waals surface area contributed by atoms with E-state index in [-0.39, 0.29) is 0 Å². The van der Waals surface area contributed by atoms with E-state index in [1.54, 1.807) is 6.07 Å². The number of carbonyl (C=O) groups is 1. The summed E-state index contributed by atoms with van der Waals surface area (Å²) in [6.45, 7) is 0. The molecule has 17 heavy (non-hydrogen) atoms. The van der Waals surface area contributed by atoms with Gasteiger partial charge >= 0.3 is 0 Å². The molecule has 2 rings (SSSR count). The Morgan fingerprint density at radius 2 is 2.00 bits per heavy atom. The van der Waals surface area contributed by atoms with Crippen LogP contribution >= 0.6 is 11.6 Å². The topological polar surface area (TPSA) is 52.3 Å². The summed E-state index contributed by atoms with van der Waals surface area (Å²) in [7, 11) is 1.54. The lowest BCUT2D eigenvalue weighted by Gasteiger charge is -2.14. The van der Waals surface area contributed by atoms with Gasteiger partial charge < -0.3 is 10.5 Å². The molecular formula is C13H12ClNO2. The van der Waals surface area contributed by atoms with E-state index in [0.29, 0.717) is 11.3 Å². The molecule has 1 atom stereocenters. The summed E-state index contributed by atoms with van der Waals surface area (Å²) in [5, 5.41) is 0.983. The number of alkyl halides is 1. The van der Waals surface area contributed by atoms with Crippen molar-refractivity contribution in [3.05, 3.63) is 42.0 Å². The summed E-state index contributed by atoms with van der Waals surface area (Å²) in [5.74, 6) is -0.0104. The van der Waals surface area contributed by atoms with Crippen LogP contribution in [-0.4, -0.2) is 13.0 Å². The Balaban J connectivity index is 2.75. The highest BCUT2D eigenvalue weighted by molar-refractivity contribution is 6.31. The molecule has 0 aliphatic carbocycles. The molecule has 3 nitrogen and oxygen atoms in total. The van der Waals surface area contributed by atoms with Crippen molar-refractivity contribution in [1.29, 1.82) is 0 Å². The molecule has 0 saturated carbocycles. The largest absolute Gasteiger partial charge is 0.496 e. The van der Waals surface area contributed by atoms with Crippen LogP contribution in [0.4, 0.5) is 0 Å². The average molecular weight is 250 g/mol. The summed E-state index contributed by atoms with van der Waals surface area (Å²) < 4.78 is 5.23. The standard InChI is InChI=1S/C13H12ClNO2/c1-17-10-7-6-8-4-2-3-5-9(8)11(10)12(14)13(15)16/h2-7,12H,1H3,(H2,15,16). The van der Waals surface area contributed by atoms with Gasteiger partial charge in [0.25, 0.3) is 0 Å². The van der Waals surface area contributed by atoms with E-state index in [0.717, 1.165) is 10.8 Å². The summed E-state index contributed by atoms with van der Waals surface area (Å²) in [6, 6.07) is 11.4. The van der Waals surface area contributed by atoms with Crippen molar-refractivity contribution in [2.75, 3.05) is 7.11 Å². The third-order valence-corrected chi connectivity index (χ3v) is 3.09. The van der Waals surface area contributed by atoms with Gasteiger partial charge in [-0.2, -0.15) is 0 Å². The predicted octanol–water partition coefficient (Wildman–Crippen LogP) is 2.61. The predicted molar refractivity (Wildman–Crippen MR) is 68.3 cm³/mol. The number of fused-ring (bicyclic) bond motifs is 1. The van der Waals surface area contributed by atoms with E-state index in [1.165, 1.54) is 7.11 Å². The first-order chi connectivity index (χ1) is 8.15. The average Bonchev–Trinajstić information content (AvgIpc) is 2.36. The highest BCUT2D eigenvalue weighted by atomic mass is 35.5. The fourth-order valence-corrected chi connectivity index (χ4v) is 2.08. The maximum Gasteiger partial charge on any atom is 0.240 e. The van der Waals surface area contributed by atoms with Crippen LogP contribution < -0.4 is 10.5 Å². The van der Waals surface area contributed by atoms with Crippen LogP contribution in [0.2, 0.25) is 0 Å². The van der Waals surface area contributed by atoms with Crippen LogP contribution in [0.3, 0.4) is 0 Å². The number of methoxy groups -OCH3 is 1. The van der Waals surface area contributed by atoms with Crippen molar-refractivity contribution < 1.29 is 9.53 Å². The van der Waals surface area contributed by atoms with Crippen LogP contribution in [0.5, 0.6) is 5.75 Å². The fraction of sp³-hybridized carbons (Fsp3) is 0.154. The molecule has 88 valence electrons. The van der Waals surface area contributed by atoms with Gasteiger partial charge in [-0.25, -0.2) is 0 Å². The quantitative estimate of drug-likeness (QED) is 0.850. The first-order valence-corrected chi connectivity index (χ1v) is 5.58. The van der Waals surface area contributed by atoms with Crippen molar-refractivity contribution in [2.45, 2.75) is 5.38 Å². The summed E-state index contributed by atoms with van der Waals surface area (Å²) in [4.78, 5) is 11.2. The van der Waals surface area contributed by atoms with Gasteiger partial charge in [-0.3, -0.25) is 4.79 Å². The fourth-order valence-electron chi connectivity index (χ4n) is 1.86. The van der Waals surface area contributed by atoms with Gasteiger partial charge in [0.15, 0.2) is 0 Å². The monoisotopic (exact) mass is 249 g/mol. The van der Waals surface area contributed by atoms with Gasteiger partial charge in [0, 0.05) is 5.56 Å². The summed E-state index contributed by atoms with van der Waals surface area (Å²) in [5.41, 5.74) is 5.88. The Bertz CT molecular complexity index is 568. The molecular weight excluding hydrogens is 238 g/mol. The number of ether oxygens (including phenoxy) is 1. The number of amides is 1. The number of hydrogen-bond acceptors (Lipinski definition) is 2. The van der Waals surface area contributed by atoms with Crippen molar-refractivity contribution in [3.63, 3.8) is 0 Å². The number of primary amides is 1. The van der Waals surface area contributed by atoms with E-state index in [1.807, 2.05) is 30.3 Å². The molecule has 0 aliphatic heterocycles. The summed E-state index contributed by atoms with van der Waals surface area (Å²) in [6.07, 6.45) is 0. The number of carbonyl (C=O) groups excluding carboxylic acids is 1. The molecule has 4 heteroatoms. The first kappa shape index (κ1) is 11.7. The molecule has 0 aromatic heterocycles. The smallest absolute Gasteiger partial charge is 0.240 e. The molecule has 0 aliphatic rings. The van der Waals surface area contributed by atoms with E-state index in [9.17, 15) is 4.79 Å². The highest BCUT2D eigenvalue weighted by Crippen LogP contribution is 2.35. The van der Waals surface area contributed by atoms with Gasteiger partial charge in [0.2, 0.25) is 5.91 Å². The zero-order valence-corrected chi connectivity index (χ0v) is 10.1.